The maximum absolute atomic E-state index is 13.9. The van der Waals surface area contributed by atoms with Crippen molar-refractivity contribution < 1.29 is 46.3 Å². The third kappa shape index (κ3) is 5.64. The number of nitrogens with zero attached hydrogens (tertiary/aromatic N) is 1. The Labute approximate surface area is 210 Å². The molecule has 3 aliphatic carbocycles. The Hall–Kier alpha value is -2.61. The van der Waals surface area contributed by atoms with Gasteiger partial charge in [0, 0.05) is 25.3 Å². The van der Waals surface area contributed by atoms with Crippen molar-refractivity contribution in [3.63, 3.8) is 0 Å². The van der Waals surface area contributed by atoms with Gasteiger partial charge in [0.2, 0.25) is 5.91 Å². The second-order valence-electron chi connectivity index (χ2n) is 10.6. The third-order valence-corrected chi connectivity index (χ3v) is 8.09. The maximum atomic E-state index is 13.9. The number of hydrogen-bond acceptors (Lipinski definition) is 7. The van der Waals surface area contributed by atoms with E-state index in [1.165, 1.54) is 0 Å². The van der Waals surface area contributed by atoms with E-state index in [2.05, 4.69) is 15.4 Å². The molecule has 37 heavy (non-hydrogen) atoms. The van der Waals surface area contributed by atoms with Crippen LogP contribution in [-0.4, -0.2) is 84.0 Å². The van der Waals surface area contributed by atoms with E-state index in [0.717, 1.165) is 11.3 Å². The normalized spacial score (nSPS) is 33.1. The first-order chi connectivity index (χ1) is 17.3. The molecule has 0 spiro atoms. The second-order valence-corrected chi connectivity index (χ2v) is 10.6. The summed E-state index contributed by atoms with van der Waals surface area (Å²) in [5, 5.41) is 4.83. The van der Waals surface area contributed by atoms with Gasteiger partial charge in [-0.2, -0.15) is 0 Å². The summed E-state index contributed by atoms with van der Waals surface area (Å²) in [5.74, 6) is -5.14. The highest BCUT2D eigenvalue weighted by Gasteiger charge is 2.86. The predicted octanol–water partition coefficient (Wildman–Crippen LogP) is 0.129. The minimum Gasteiger partial charge on any atom is -0.344 e. The molecule has 0 aromatic carbocycles. The lowest BCUT2D eigenvalue weighted by Crippen LogP contribution is -2.56. The molecule has 1 heterocycles. The van der Waals surface area contributed by atoms with Crippen LogP contribution >= 0.6 is 0 Å². The molecule has 0 unspecified atom stereocenters. The van der Waals surface area contributed by atoms with Gasteiger partial charge in [-0.15, -0.1) is 13.2 Å². The number of alkyl halides is 4. The average molecular weight is 535 g/mol. The van der Waals surface area contributed by atoms with E-state index < -0.39 is 65.7 Å². The van der Waals surface area contributed by atoms with Crippen LogP contribution in [0.1, 0.15) is 44.9 Å². The van der Waals surface area contributed by atoms with Gasteiger partial charge < -0.3 is 26.1 Å². The van der Waals surface area contributed by atoms with Gasteiger partial charge >= 0.3 is 18.2 Å². The van der Waals surface area contributed by atoms with E-state index in [1.54, 1.807) is 0 Å². The van der Waals surface area contributed by atoms with E-state index >= 15 is 0 Å². The van der Waals surface area contributed by atoms with Crippen LogP contribution in [0.25, 0.3) is 0 Å². The summed E-state index contributed by atoms with van der Waals surface area (Å²) in [6, 6.07) is -2.65. The number of hydrogen-bond donors (Lipinski definition) is 3. The molecule has 0 bridgehead atoms. The zero-order valence-corrected chi connectivity index (χ0v) is 20.0. The van der Waals surface area contributed by atoms with Crippen molar-refractivity contribution >= 4 is 29.8 Å². The van der Waals surface area contributed by atoms with E-state index in [9.17, 15) is 41.5 Å². The summed E-state index contributed by atoms with van der Waals surface area (Å²) in [7, 11) is 0. The number of amides is 3. The Bertz CT molecular complexity index is 969. The number of nitrogens with one attached hydrogen (secondary N) is 2. The largest absolute Gasteiger partial charge is 0.522 e. The molecule has 5 atom stereocenters. The van der Waals surface area contributed by atoms with Gasteiger partial charge in [-0.1, -0.05) is 6.42 Å². The highest BCUT2D eigenvalue weighted by atomic mass is 19.4. The minimum absolute atomic E-state index is 0.0722. The van der Waals surface area contributed by atoms with Crippen LogP contribution in [-0.2, 0) is 28.7 Å². The van der Waals surface area contributed by atoms with Gasteiger partial charge in [-0.3, -0.25) is 23.9 Å². The average Bonchev–Trinajstić information content (AvgIpc) is 3.33. The number of ether oxygens (including phenoxy) is 1. The molecule has 3 amide bonds. The van der Waals surface area contributed by atoms with Crippen molar-refractivity contribution in [1.29, 1.82) is 0 Å². The zero-order valence-electron chi connectivity index (χ0n) is 20.0. The van der Waals surface area contributed by atoms with E-state index in [0.29, 0.717) is 19.1 Å². The molecule has 3 saturated carbocycles. The maximum Gasteiger partial charge on any atom is 0.522 e. The van der Waals surface area contributed by atoms with E-state index in [1.807, 2.05) is 0 Å². The van der Waals surface area contributed by atoms with E-state index in [-0.39, 0.29) is 50.6 Å². The van der Waals surface area contributed by atoms with Crippen LogP contribution in [0.15, 0.2) is 0 Å². The molecule has 0 aromatic heterocycles. The number of ketones is 1. The smallest absolute Gasteiger partial charge is 0.344 e. The second kappa shape index (κ2) is 9.93. The predicted molar refractivity (Wildman–Crippen MR) is 117 cm³/mol. The van der Waals surface area contributed by atoms with Gasteiger partial charge in [0.1, 0.15) is 24.6 Å². The summed E-state index contributed by atoms with van der Waals surface area (Å²) < 4.78 is 55.1. The highest BCUT2D eigenvalue weighted by Crippen LogP contribution is 2.73. The molecule has 0 aromatic rings. The van der Waals surface area contributed by atoms with Crippen molar-refractivity contribution in [3.8, 4) is 0 Å². The summed E-state index contributed by atoms with van der Waals surface area (Å²) in [5.41, 5.74) is 2.99. The fourth-order valence-corrected chi connectivity index (χ4v) is 5.81. The number of fused-ring (bicyclic) bond motifs is 2. The molecule has 0 radical (unpaired) electrons. The Morgan fingerprint density at radius 3 is 2.43 bits per heavy atom. The number of halogens is 4. The van der Waals surface area contributed by atoms with Crippen LogP contribution in [0.3, 0.4) is 0 Å². The monoisotopic (exact) mass is 534 g/mol. The molecule has 10 nitrogen and oxygen atoms in total. The molecule has 1 saturated heterocycles. The number of likely N-dealkylation sites (tertiary alicyclic amines) is 1. The minimum atomic E-state index is -5.08. The topological polar surface area (TPSA) is 148 Å². The van der Waals surface area contributed by atoms with Crippen molar-refractivity contribution in [2.24, 2.45) is 23.5 Å². The van der Waals surface area contributed by atoms with Crippen LogP contribution in [0.5, 0.6) is 0 Å². The van der Waals surface area contributed by atoms with E-state index in [4.69, 9.17) is 5.73 Å². The number of carbonyl (C=O) groups is 5. The summed E-state index contributed by atoms with van der Waals surface area (Å²) in [6.45, 7) is -1.19. The van der Waals surface area contributed by atoms with Crippen molar-refractivity contribution in [3.05, 3.63) is 0 Å². The van der Waals surface area contributed by atoms with Crippen molar-refractivity contribution in [2.45, 2.75) is 74.6 Å². The van der Waals surface area contributed by atoms with Crippen LogP contribution in [0.4, 0.5) is 17.6 Å². The fourth-order valence-electron chi connectivity index (χ4n) is 5.81. The summed E-state index contributed by atoms with van der Waals surface area (Å²) in [6.07, 6.45) is -2.39. The SMILES string of the molecule is NCC[C@H](C=O)C[C@H](NC(=O)[C@@H]1[C@H]2CCC[C@H]2CN1C(=O)C(=O)NC12CC1(F)C2)C(=O)COC(F)(F)F. The molecule has 4 fully saturated rings. The van der Waals surface area contributed by atoms with Gasteiger partial charge in [0.25, 0.3) is 0 Å². The number of Topliss-reactive ketones (excluding diaryl/α,β-unsaturated/α-hetero) is 1. The van der Waals surface area contributed by atoms with Gasteiger partial charge in [0.15, 0.2) is 5.78 Å². The van der Waals surface area contributed by atoms with Gasteiger partial charge in [0.05, 0.1) is 11.6 Å². The molecule has 4 aliphatic rings. The summed E-state index contributed by atoms with van der Waals surface area (Å²) >= 11 is 0. The van der Waals surface area contributed by atoms with Crippen LogP contribution < -0.4 is 16.4 Å². The highest BCUT2D eigenvalue weighted by molar-refractivity contribution is 6.36. The number of aldehydes is 1. The van der Waals surface area contributed by atoms with Crippen molar-refractivity contribution in [1.82, 2.24) is 15.5 Å². The lowest BCUT2D eigenvalue weighted by molar-refractivity contribution is -0.321. The molecule has 206 valence electrons. The molecular formula is C23H30F4N4O6. The number of nitrogens with two attached hydrogens (primary N) is 1. The number of carbonyl (C=O) groups excluding carboxylic acids is 5. The Morgan fingerprint density at radius 1 is 1.19 bits per heavy atom. The first-order valence-electron chi connectivity index (χ1n) is 12.3. The number of rotatable bonds is 11. The molecule has 4 N–H and O–H groups in total. The van der Waals surface area contributed by atoms with Crippen molar-refractivity contribution in [2.75, 3.05) is 19.7 Å². The molecule has 1 aliphatic heterocycles. The van der Waals surface area contributed by atoms with Gasteiger partial charge in [-0.05, 0) is 44.1 Å². The lowest BCUT2D eigenvalue weighted by atomic mass is 9.92. The third-order valence-electron chi connectivity index (χ3n) is 8.09. The molecular weight excluding hydrogens is 504 g/mol. The Morgan fingerprint density at radius 2 is 1.86 bits per heavy atom. The quantitative estimate of drug-likeness (QED) is 0.194. The Kier molecular flexibility index (Phi) is 7.36. The molecule has 4 rings (SSSR count). The first-order valence-corrected chi connectivity index (χ1v) is 12.3. The lowest BCUT2D eigenvalue weighted by Gasteiger charge is -2.29. The molecule has 14 heteroatoms. The summed E-state index contributed by atoms with van der Waals surface area (Å²) in [4.78, 5) is 64.1. The zero-order chi connectivity index (χ0) is 27.2. The fraction of sp³-hybridized carbons (Fsp3) is 0.783. The standard InChI is InChI=1S/C23H30F4N4O6/c24-21-10-22(21,11-21)30-19(35)20(36)31-7-13-2-1-3-14(13)17(31)18(34)29-15(6-12(8-32)4-5-28)16(33)9-37-23(25,26)27/h8,12-15,17H,1-7,9-11,28H2,(H,29,34)(H,30,35)/t12-,13-,14-,15-,17-,21?,22?/m0/s1. The van der Waals surface area contributed by atoms with Crippen LogP contribution in [0, 0.1) is 17.8 Å². The first kappa shape index (κ1) is 27.4. The van der Waals surface area contributed by atoms with Crippen LogP contribution in [0.2, 0.25) is 0 Å². The Balaban J connectivity index is 1.48. The van der Waals surface area contributed by atoms with Gasteiger partial charge in [-0.25, -0.2) is 4.39 Å².